The van der Waals surface area contributed by atoms with E-state index in [4.69, 9.17) is 24.0 Å². The summed E-state index contributed by atoms with van der Waals surface area (Å²) in [7, 11) is 3.35. The highest BCUT2D eigenvalue weighted by Gasteiger charge is 2.41. The van der Waals surface area contributed by atoms with Gasteiger partial charge in [0.05, 0.1) is 32.6 Å². The molecule has 2 atom stereocenters. The van der Waals surface area contributed by atoms with Gasteiger partial charge in [-0.2, -0.15) is 5.10 Å². The van der Waals surface area contributed by atoms with Crippen molar-refractivity contribution in [2.75, 3.05) is 20.8 Å². The number of benzene rings is 3. The van der Waals surface area contributed by atoms with Gasteiger partial charge >= 0.3 is 0 Å². The van der Waals surface area contributed by atoms with E-state index in [9.17, 15) is 0 Å². The van der Waals surface area contributed by atoms with Gasteiger partial charge in [0.2, 0.25) is 6.23 Å². The lowest BCUT2D eigenvalue weighted by Gasteiger charge is -2.38. The maximum absolute atomic E-state index is 6.51. The highest BCUT2D eigenvalue weighted by molar-refractivity contribution is 6.02. The van der Waals surface area contributed by atoms with E-state index in [1.165, 1.54) is 0 Å². The molecule has 6 heteroatoms. The van der Waals surface area contributed by atoms with Crippen LogP contribution in [0.15, 0.2) is 71.8 Å². The maximum atomic E-state index is 6.51. The van der Waals surface area contributed by atoms with Gasteiger partial charge in [-0.1, -0.05) is 38.0 Å². The molecular weight excluding hydrogens is 440 g/mol. The molecule has 0 aromatic heterocycles. The van der Waals surface area contributed by atoms with Crippen LogP contribution in [0.1, 0.15) is 61.6 Å². The number of ether oxygens (including phenoxy) is 4. The zero-order valence-electron chi connectivity index (χ0n) is 20.6. The van der Waals surface area contributed by atoms with E-state index in [1.54, 1.807) is 14.2 Å². The van der Waals surface area contributed by atoms with Crippen molar-refractivity contribution in [3.05, 3.63) is 83.4 Å². The Labute approximate surface area is 207 Å². The summed E-state index contributed by atoms with van der Waals surface area (Å²) in [5, 5.41) is 7.13. The number of hydrogen-bond acceptors (Lipinski definition) is 6. The fourth-order valence-electron chi connectivity index (χ4n) is 4.70. The summed E-state index contributed by atoms with van der Waals surface area (Å²) in [5.41, 5.74) is 4.25. The molecule has 2 heterocycles. The Balaban J connectivity index is 1.46. The zero-order valence-corrected chi connectivity index (χ0v) is 20.6. The maximum Gasteiger partial charge on any atom is 0.214 e. The molecule has 0 saturated carbocycles. The van der Waals surface area contributed by atoms with Gasteiger partial charge in [0.1, 0.15) is 11.5 Å². The summed E-state index contributed by atoms with van der Waals surface area (Å²) >= 11 is 0. The molecule has 0 fully saturated rings. The molecule has 2 aliphatic rings. The van der Waals surface area contributed by atoms with Crippen molar-refractivity contribution in [1.82, 2.24) is 5.01 Å². The van der Waals surface area contributed by atoms with Crippen LogP contribution < -0.4 is 18.9 Å². The SMILES string of the molecule is CCCCCOc1ccc([C@H]2Oc3ccccc3[C@@H]3CC(c4ccc(OC)cc4)=NN23)cc1OC. The first-order valence-corrected chi connectivity index (χ1v) is 12.3. The van der Waals surface area contributed by atoms with Crippen molar-refractivity contribution in [1.29, 1.82) is 0 Å². The first-order chi connectivity index (χ1) is 17.2. The Kier molecular flexibility index (Phi) is 6.80. The summed E-state index contributed by atoms with van der Waals surface area (Å²) in [4.78, 5) is 0. The molecule has 0 bridgehead atoms. The molecule has 0 unspecified atom stereocenters. The van der Waals surface area contributed by atoms with Gasteiger partial charge in [-0.15, -0.1) is 0 Å². The summed E-state index contributed by atoms with van der Waals surface area (Å²) in [6, 6.07) is 22.4. The largest absolute Gasteiger partial charge is 0.497 e. The van der Waals surface area contributed by atoms with Gasteiger partial charge in [-0.05, 0) is 60.5 Å². The average molecular weight is 473 g/mol. The van der Waals surface area contributed by atoms with E-state index in [-0.39, 0.29) is 12.3 Å². The third-order valence-electron chi connectivity index (χ3n) is 6.60. The molecule has 182 valence electrons. The van der Waals surface area contributed by atoms with Crippen LogP contribution in [0.4, 0.5) is 0 Å². The van der Waals surface area contributed by atoms with Crippen molar-refractivity contribution in [2.24, 2.45) is 5.10 Å². The van der Waals surface area contributed by atoms with Gasteiger partial charge < -0.3 is 18.9 Å². The molecule has 0 spiro atoms. The Morgan fingerprint density at radius 1 is 0.943 bits per heavy atom. The lowest BCUT2D eigenvalue weighted by molar-refractivity contribution is -0.0191. The summed E-state index contributed by atoms with van der Waals surface area (Å²) in [6.07, 6.45) is 3.78. The fourth-order valence-corrected chi connectivity index (χ4v) is 4.70. The Morgan fingerprint density at radius 3 is 2.54 bits per heavy atom. The monoisotopic (exact) mass is 472 g/mol. The van der Waals surface area contributed by atoms with Crippen molar-refractivity contribution in [3.63, 3.8) is 0 Å². The highest BCUT2D eigenvalue weighted by Crippen LogP contribution is 2.48. The van der Waals surface area contributed by atoms with E-state index in [0.29, 0.717) is 12.4 Å². The summed E-state index contributed by atoms with van der Waals surface area (Å²) in [6.45, 7) is 2.87. The normalized spacial score (nSPS) is 18.3. The molecule has 2 aliphatic heterocycles. The van der Waals surface area contributed by atoms with E-state index >= 15 is 0 Å². The average Bonchev–Trinajstić information content (AvgIpc) is 3.36. The van der Waals surface area contributed by atoms with Crippen molar-refractivity contribution in [2.45, 2.75) is 44.9 Å². The molecule has 3 aromatic rings. The molecule has 5 rings (SSSR count). The number of unbranched alkanes of at least 4 members (excludes halogenated alkanes) is 2. The first kappa shape index (κ1) is 23.1. The van der Waals surface area contributed by atoms with Gasteiger partial charge in [-0.3, -0.25) is 0 Å². The quantitative estimate of drug-likeness (QED) is 0.332. The standard InChI is InChI=1S/C29H32N2O4/c1-4-5-8-17-34-27-16-13-21(18-28(27)33-3)29-31-25(23-9-6-7-10-26(23)35-29)19-24(30-31)20-11-14-22(32-2)15-12-20/h6-7,9-16,18,25,29H,4-5,8,17,19H2,1-3H3/t25-,29+/m0/s1. The minimum absolute atomic E-state index is 0.0954. The van der Waals surface area contributed by atoms with Crippen LogP contribution in [-0.4, -0.2) is 31.5 Å². The second kappa shape index (κ2) is 10.3. The van der Waals surface area contributed by atoms with Crippen LogP contribution in [0, 0.1) is 0 Å². The predicted molar refractivity (Wildman–Crippen MR) is 137 cm³/mol. The predicted octanol–water partition coefficient (Wildman–Crippen LogP) is 6.52. The highest BCUT2D eigenvalue weighted by atomic mass is 16.5. The van der Waals surface area contributed by atoms with E-state index in [0.717, 1.165) is 65.3 Å². The van der Waals surface area contributed by atoms with Crippen LogP contribution in [0.5, 0.6) is 23.0 Å². The molecular formula is C29H32N2O4. The Morgan fingerprint density at radius 2 is 1.77 bits per heavy atom. The fraction of sp³-hybridized carbons (Fsp3) is 0.345. The molecule has 0 saturated heterocycles. The minimum Gasteiger partial charge on any atom is -0.497 e. The topological polar surface area (TPSA) is 52.5 Å². The van der Waals surface area contributed by atoms with Gasteiger partial charge in [0.25, 0.3) is 0 Å². The number of fused-ring (bicyclic) bond motifs is 3. The van der Waals surface area contributed by atoms with Crippen LogP contribution in [-0.2, 0) is 0 Å². The second-order valence-corrected chi connectivity index (χ2v) is 8.85. The molecule has 6 nitrogen and oxygen atoms in total. The molecule has 0 radical (unpaired) electrons. The van der Waals surface area contributed by atoms with Crippen molar-refractivity contribution >= 4 is 5.71 Å². The van der Waals surface area contributed by atoms with E-state index in [2.05, 4.69) is 36.2 Å². The number of methoxy groups -OCH3 is 2. The van der Waals surface area contributed by atoms with Crippen molar-refractivity contribution in [3.8, 4) is 23.0 Å². The van der Waals surface area contributed by atoms with E-state index in [1.807, 2.05) is 42.5 Å². The number of nitrogens with zero attached hydrogens (tertiary/aromatic N) is 2. The van der Waals surface area contributed by atoms with Crippen LogP contribution in [0.3, 0.4) is 0 Å². The van der Waals surface area contributed by atoms with Crippen molar-refractivity contribution < 1.29 is 18.9 Å². The minimum atomic E-state index is -0.367. The van der Waals surface area contributed by atoms with E-state index < -0.39 is 0 Å². The first-order valence-electron chi connectivity index (χ1n) is 12.3. The number of hydrogen-bond donors (Lipinski definition) is 0. The lowest BCUT2D eigenvalue weighted by atomic mass is 9.96. The van der Waals surface area contributed by atoms with Gasteiger partial charge in [0.15, 0.2) is 11.5 Å². The summed E-state index contributed by atoms with van der Waals surface area (Å²) < 4.78 is 23.5. The molecule has 0 amide bonds. The Bertz CT molecular complexity index is 1190. The Hall–Kier alpha value is -3.67. The van der Waals surface area contributed by atoms with Crippen LogP contribution in [0.25, 0.3) is 0 Å². The third-order valence-corrected chi connectivity index (χ3v) is 6.60. The second-order valence-electron chi connectivity index (χ2n) is 8.85. The number of para-hydroxylation sites is 1. The van der Waals surface area contributed by atoms with Crippen LogP contribution in [0.2, 0.25) is 0 Å². The van der Waals surface area contributed by atoms with Gasteiger partial charge in [-0.25, -0.2) is 5.01 Å². The molecule has 0 aliphatic carbocycles. The third kappa shape index (κ3) is 4.65. The van der Waals surface area contributed by atoms with Crippen LogP contribution >= 0.6 is 0 Å². The molecule has 3 aromatic carbocycles. The molecule has 0 N–H and O–H groups in total. The molecule has 35 heavy (non-hydrogen) atoms. The van der Waals surface area contributed by atoms with Gasteiger partial charge in [0, 0.05) is 17.5 Å². The summed E-state index contributed by atoms with van der Waals surface area (Å²) in [5.74, 6) is 3.19. The zero-order chi connectivity index (χ0) is 24.2. The number of hydrazone groups is 1. The smallest absolute Gasteiger partial charge is 0.214 e. The lowest BCUT2D eigenvalue weighted by Crippen LogP contribution is -2.33. The number of rotatable bonds is 9.